The molecule has 0 saturated heterocycles. The lowest BCUT2D eigenvalue weighted by molar-refractivity contribution is -0.146. The van der Waals surface area contributed by atoms with Gasteiger partial charge in [-0.3, -0.25) is 9.48 Å². The van der Waals surface area contributed by atoms with Crippen LogP contribution in [-0.4, -0.2) is 37.3 Å². The molecule has 0 spiro atoms. The Labute approximate surface area is 122 Å². The first-order valence-corrected chi connectivity index (χ1v) is 7.23. The molecule has 0 atom stereocenters. The van der Waals surface area contributed by atoms with E-state index in [9.17, 15) is 9.59 Å². The zero-order chi connectivity index (χ0) is 15.6. The van der Waals surface area contributed by atoms with Crippen LogP contribution in [0.3, 0.4) is 0 Å². The molecule has 0 fully saturated rings. The normalized spacial score (nSPS) is 12.2. The molecule has 0 aliphatic rings. The molecule has 1 amide bonds. The van der Waals surface area contributed by atoms with Crippen LogP contribution in [0.4, 0.5) is 5.69 Å². The van der Waals surface area contributed by atoms with E-state index in [1.165, 1.54) is 17.1 Å². The Bertz CT molecular complexity index is 503. The summed E-state index contributed by atoms with van der Waals surface area (Å²) in [4.78, 5) is 22.9. The molecule has 0 bridgehead atoms. The highest BCUT2D eigenvalue weighted by molar-refractivity contribution is 8.01. The highest BCUT2D eigenvalue weighted by atomic mass is 32.2. The molecule has 0 unspecified atom stereocenters. The van der Waals surface area contributed by atoms with E-state index in [1.54, 1.807) is 25.6 Å². The number of aromatic nitrogens is 2. The van der Waals surface area contributed by atoms with Crippen molar-refractivity contribution in [3.63, 3.8) is 0 Å². The molecule has 1 aromatic heterocycles. The third-order valence-corrected chi connectivity index (χ3v) is 3.87. The summed E-state index contributed by atoms with van der Waals surface area (Å²) in [5.74, 6) is -0.767. The van der Waals surface area contributed by atoms with Gasteiger partial charge in [-0.2, -0.15) is 5.10 Å². The smallest absolute Gasteiger partial charge is 0.331 e. The molecule has 1 rings (SSSR count). The van der Waals surface area contributed by atoms with Gasteiger partial charge in [-0.05, 0) is 13.8 Å². The van der Waals surface area contributed by atoms with Crippen molar-refractivity contribution in [1.29, 1.82) is 0 Å². The molecule has 0 radical (unpaired) electrons. The van der Waals surface area contributed by atoms with Gasteiger partial charge in [0.2, 0.25) is 5.91 Å². The first-order valence-electron chi connectivity index (χ1n) is 6.25. The minimum Gasteiger partial charge on any atom is -0.479 e. The maximum atomic E-state index is 11.8. The number of anilines is 1. The van der Waals surface area contributed by atoms with Gasteiger partial charge >= 0.3 is 5.97 Å². The number of nitrogens with zero attached hydrogens (tertiary/aromatic N) is 2. The molecule has 0 aliphatic heterocycles. The Morgan fingerprint density at radius 1 is 1.35 bits per heavy atom. The van der Waals surface area contributed by atoms with E-state index >= 15 is 0 Å². The van der Waals surface area contributed by atoms with Gasteiger partial charge in [0.15, 0.2) is 5.54 Å². The second-order valence-corrected chi connectivity index (χ2v) is 7.79. The van der Waals surface area contributed by atoms with Crippen molar-refractivity contribution in [2.45, 2.75) is 44.9 Å². The minimum absolute atomic E-state index is 0.0207. The van der Waals surface area contributed by atoms with Crippen LogP contribution in [0, 0.1) is 0 Å². The van der Waals surface area contributed by atoms with Crippen molar-refractivity contribution >= 4 is 29.3 Å². The topological polar surface area (TPSA) is 84.2 Å². The molecular weight excluding hydrogens is 278 g/mol. The number of nitrogens with one attached hydrogen (secondary N) is 1. The van der Waals surface area contributed by atoms with Gasteiger partial charge in [0.05, 0.1) is 17.6 Å². The van der Waals surface area contributed by atoms with Crippen molar-refractivity contribution in [1.82, 2.24) is 9.78 Å². The molecular formula is C13H21N3O3S. The quantitative estimate of drug-likeness (QED) is 0.870. The molecule has 1 aromatic rings. The molecule has 2 N–H and O–H groups in total. The first-order chi connectivity index (χ1) is 9.02. The predicted octanol–water partition coefficient (Wildman–Crippen LogP) is 2.17. The first kappa shape index (κ1) is 16.6. The molecule has 112 valence electrons. The van der Waals surface area contributed by atoms with E-state index in [4.69, 9.17) is 5.11 Å². The monoisotopic (exact) mass is 299 g/mol. The van der Waals surface area contributed by atoms with E-state index in [1.807, 2.05) is 20.8 Å². The summed E-state index contributed by atoms with van der Waals surface area (Å²) in [6.07, 6.45) is 2.97. The average Bonchev–Trinajstić information content (AvgIpc) is 2.74. The Morgan fingerprint density at radius 2 is 1.95 bits per heavy atom. The Hall–Kier alpha value is -1.50. The number of hydrogen-bond donors (Lipinski definition) is 2. The van der Waals surface area contributed by atoms with Crippen LogP contribution in [0.1, 0.15) is 34.6 Å². The Morgan fingerprint density at radius 3 is 2.45 bits per heavy atom. The van der Waals surface area contributed by atoms with Crippen molar-refractivity contribution in [3.05, 3.63) is 12.4 Å². The standard InChI is InChI=1S/C13H21N3O3S/c1-12(2,3)20-8-10(17)15-9-6-14-16(7-9)13(4,5)11(18)19/h6-7H,8H2,1-5H3,(H,15,17)(H,18,19). The SMILES string of the molecule is CC(C)(C)SCC(=O)Nc1cnn(C(C)(C)C(=O)O)c1. The lowest BCUT2D eigenvalue weighted by Crippen LogP contribution is -2.35. The fourth-order valence-corrected chi connectivity index (χ4v) is 1.91. The van der Waals surface area contributed by atoms with Crippen LogP contribution in [0.15, 0.2) is 12.4 Å². The average molecular weight is 299 g/mol. The number of rotatable bonds is 5. The van der Waals surface area contributed by atoms with Crippen molar-refractivity contribution in [2.75, 3.05) is 11.1 Å². The number of thioether (sulfide) groups is 1. The highest BCUT2D eigenvalue weighted by Gasteiger charge is 2.30. The lowest BCUT2D eigenvalue weighted by atomic mass is 10.1. The Balaban J connectivity index is 2.65. The molecule has 0 aliphatic carbocycles. The van der Waals surface area contributed by atoms with Crippen molar-refractivity contribution in [2.24, 2.45) is 0 Å². The zero-order valence-corrected chi connectivity index (χ0v) is 13.2. The van der Waals surface area contributed by atoms with E-state index < -0.39 is 11.5 Å². The van der Waals surface area contributed by atoms with Crippen LogP contribution < -0.4 is 5.32 Å². The summed E-state index contributed by atoms with van der Waals surface area (Å²) in [5.41, 5.74) is -0.651. The summed E-state index contributed by atoms with van der Waals surface area (Å²) < 4.78 is 1.34. The van der Waals surface area contributed by atoms with E-state index in [2.05, 4.69) is 10.4 Å². The number of carboxylic acid groups (broad SMARTS) is 1. The molecule has 7 heteroatoms. The van der Waals surface area contributed by atoms with Gasteiger partial charge in [-0.15, -0.1) is 11.8 Å². The van der Waals surface area contributed by atoms with E-state index in [0.29, 0.717) is 11.4 Å². The number of carbonyl (C=O) groups excluding carboxylic acids is 1. The molecule has 6 nitrogen and oxygen atoms in total. The largest absolute Gasteiger partial charge is 0.479 e. The molecule has 20 heavy (non-hydrogen) atoms. The molecule has 0 saturated carbocycles. The fourth-order valence-electron chi connectivity index (χ4n) is 1.27. The second kappa shape index (κ2) is 5.87. The van der Waals surface area contributed by atoms with Crippen molar-refractivity contribution in [3.8, 4) is 0 Å². The van der Waals surface area contributed by atoms with Crippen LogP contribution in [0.25, 0.3) is 0 Å². The zero-order valence-electron chi connectivity index (χ0n) is 12.4. The third kappa shape index (κ3) is 4.56. The van der Waals surface area contributed by atoms with Gasteiger partial charge in [0.25, 0.3) is 0 Å². The number of aliphatic carboxylic acids is 1. The maximum absolute atomic E-state index is 11.8. The summed E-state index contributed by atoms with van der Waals surface area (Å²) in [7, 11) is 0. The number of hydrogen-bond acceptors (Lipinski definition) is 4. The van der Waals surface area contributed by atoms with Gasteiger partial charge < -0.3 is 10.4 Å². The van der Waals surface area contributed by atoms with Crippen LogP contribution in [0.5, 0.6) is 0 Å². The summed E-state index contributed by atoms with van der Waals surface area (Å²) >= 11 is 1.54. The number of carbonyl (C=O) groups is 2. The minimum atomic E-state index is -1.15. The van der Waals surface area contributed by atoms with Gasteiger partial charge in [0.1, 0.15) is 0 Å². The van der Waals surface area contributed by atoms with Gasteiger partial charge in [0, 0.05) is 10.9 Å². The summed E-state index contributed by atoms with van der Waals surface area (Å²) in [6, 6.07) is 0. The number of amides is 1. The van der Waals surface area contributed by atoms with Crippen LogP contribution >= 0.6 is 11.8 Å². The summed E-state index contributed by atoms with van der Waals surface area (Å²) in [6.45, 7) is 9.21. The molecule has 1 heterocycles. The number of carboxylic acids is 1. The third-order valence-electron chi connectivity index (χ3n) is 2.60. The lowest BCUT2D eigenvalue weighted by Gasteiger charge is -2.19. The van der Waals surface area contributed by atoms with Crippen molar-refractivity contribution < 1.29 is 14.7 Å². The highest BCUT2D eigenvalue weighted by Crippen LogP contribution is 2.23. The van der Waals surface area contributed by atoms with E-state index in [0.717, 1.165) is 0 Å². The molecule has 0 aromatic carbocycles. The van der Waals surface area contributed by atoms with E-state index in [-0.39, 0.29) is 10.7 Å². The van der Waals surface area contributed by atoms with Gasteiger partial charge in [-0.25, -0.2) is 4.79 Å². The maximum Gasteiger partial charge on any atom is 0.331 e. The predicted molar refractivity (Wildman–Crippen MR) is 80.0 cm³/mol. The van der Waals surface area contributed by atoms with Gasteiger partial charge in [-0.1, -0.05) is 20.8 Å². The second-order valence-electron chi connectivity index (χ2n) is 5.99. The van der Waals surface area contributed by atoms with Crippen LogP contribution in [-0.2, 0) is 15.1 Å². The fraction of sp³-hybridized carbons (Fsp3) is 0.615. The van der Waals surface area contributed by atoms with Crippen LogP contribution in [0.2, 0.25) is 0 Å². The Kier molecular flexibility index (Phi) is 4.86. The summed E-state index contributed by atoms with van der Waals surface area (Å²) in [5, 5.41) is 15.8.